The molecule has 11 aromatic carbocycles. The number of nitrogens with zero attached hydrogens (tertiary/aromatic N) is 3. The Kier molecular flexibility index (Phi) is 13.0. The number of hydrogen-bond acceptors (Lipinski definition) is 5. The summed E-state index contributed by atoms with van der Waals surface area (Å²) in [6.45, 7) is 20.8. The van der Waals surface area contributed by atoms with Crippen molar-refractivity contribution in [3.8, 4) is 0 Å². The Labute approximate surface area is 554 Å². The van der Waals surface area contributed by atoms with Crippen molar-refractivity contribution in [3.63, 3.8) is 0 Å². The molecule has 2 aliphatic rings. The summed E-state index contributed by atoms with van der Waals surface area (Å²) in [7, 11) is 0. The fourth-order valence-electron chi connectivity index (χ4n) is 16.9. The van der Waals surface area contributed by atoms with Crippen LogP contribution in [0.3, 0.4) is 0 Å². The van der Waals surface area contributed by atoms with E-state index in [1.165, 1.54) is 172 Å². The van der Waals surface area contributed by atoms with Gasteiger partial charge in [-0.1, -0.05) is 216 Å². The second-order valence-corrected chi connectivity index (χ2v) is 31.9. The first-order chi connectivity index (χ1) is 45.5. The smallest absolute Gasteiger partial charge is 0.159 e. The molecule has 466 valence electrons. The molecule has 5 nitrogen and oxygen atoms in total. The van der Waals surface area contributed by atoms with E-state index in [4.69, 9.17) is 8.83 Å². The van der Waals surface area contributed by atoms with Crippen LogP contribution in [0.25, 0.3) is 113 Å². The normalized spacial score (nSPS) is 15.2. The third-order valence-corrected chi connectivity index (χ3v) is 23.2. The lowest BCUT2D eigenvalue weighted by Crippen LogP contribution is -2.13. The molecule has 0 N–H and O–H groups in total. The summed E-state index contributed by atoms with van der Waals surface area (Å²) in [5.41, 5.74) is 20.8. The minimum absolute atomic E-state index is 0.00643. The van der Waals surface area contributed by atoms with E-state index in [1.54, 1.807) is 0 Å². The first-order valence-electron chi connectivity index (χ1n) is 34.8. The minimum Gasteiger partial charge on any atom is -0.454 e. The van der Waals surface area contributed by atoms with E-state index >= 15 is 0 Å². The average molecular weight is 1240 g/mol. The maximum absolute atomic E-state index is 7.39. The number of thiophene rings is 1. The van der Waals surface area contributed by atoms with Gasteiger partial charge in [0, 0.05) is 85.7 Å². The van der Waals surface area contributed by atoms with Crippen LogP contribution in [-0.4, -0.2) is 4.40 Å². The molecule has 2 aliphatic carbocycles. The van der Waals surface area contributed by atoms with E-state index in [9.17, 15) is 0 Å². The van der Waals surface area contributed by atoms with E-state index in [1.807, 2.05) is 11.3 Å². The number of furan rings is 2. The van der Waals surface area contributed by atoms with Crippen LogP contribution in [0.4, 0.5) is 34.1 Å². The summed E-state index contributed by atoms with van der Waals surface area (Å²) in [5.74, 6) is 1.03. The van der Waals surface area contributed by atoms with Crippen LogP contribution in [0.2, 0.25) is 0 Å². The van der Waals surface area contributed by atoms with Gasteiger partial charge in [-0.2, -0.15) is 0 Å². The van der Waals surface area contributed by atoms with Gasteiger partial charge >= 0.3 is 0 Å². The van der Waals surface area contributed by atoms with Gasteiger partial charge in [0.2, 0.25) is 0 Å². The Morgan fingerprint density at radius 2 is 0.862 bits per heavy atom. The lowest BCUT2D eigenvalue weighted by Gasteiger charge is -2.28. The standard InChI is InChI=1S/C88H81N3O2S/c1-86(2,3)55-33-38-58(39-34-55)89(75-30-18-28-67-65-26-16-24-61(81(65)92-83(67)75)52-20-12-10-13-21-52)60-42-44-63-69-43-32-54-48-71-64-45-47-74(79-72-49-57(88(7,8)9)37-46-73(72)91(80(64)79)77(71)51-70(54)85(69)94-78(63)50-60)90(59-40-35-56(36-41-59)87(4,5)6)76-31-19-29-68-66-27-17-25-62(82(66)93-84(68)76)53-22-14-11-15-23-53/h16-19,24-53H,10-15,20-23H2,1-9H3. The SMILES string of the molecule is CC(C)(C)c1ccc(N(c2ccc3c(c2)sc2c4cc5c(cc4ccc32)c2ccc(N(c3ccc(C(C)(C)C)cc3)c3cccc4c3oc3c(C6CCCCC6)cccc34)c3c4cc(C(C)(C)C)ccc4n5c23)c2cccc3c2oc2c(C4CCCCC4)cccc23)cc1. The third-order valence-electron chi connectivity index (χ3n) is 22.0. The lowest BCUT2D eigenvalue weighted by molar-refractivity contribution is 0.442. The predicted octanol–water partition coefficient (Wildman–Crippen LogP) is 27.1. The van der Waals surface area contributed by atoms with Gasteiger partial charge in [-0.15, -0.1) is 11.3 Å². The summed E-state index contributed by atoms with van der Waals surface area (Å²) in [5, 5.41) is 14.8. The van der Waals surface area contributed by atoms with E-state index in [2.05, 4.69) is 271 Å². The lowest BCUT2D eigenvalue weighted by atomic mass is 9.83. The molecule has 0 radical (unpaired) electrons. The Morgan fingerprint density at radius 1 is 0.362 bits per heavy atom. The second-order valence-electron chi connectivity index (χ2n) is 30.9. The van der Waals surface area contributed by atoms with Crippen LogP contribution in [0.5, 0.6) is 0 Å². The molecule has 2 fully saturated rings. The van der Waals surface area contributed by atoms with Crippen molar-refractivity contribution >= 4 is 158 Å². The van der Waals surface area contributed by atoms with Gasteiger partial charge in [-0.3, -0.25) is 0 Å². The number of hydrogen-bond donors (Lipinski definition) is 0. The molecular formula is C88H81N3O2S. The first kappa shape index (κ1) is 57.6. The Morgan fingerprint density at radius 3 is 1.44 bits per heavy atom. The van der Waals surface area contributed by atoms with Crippen molar-refractivity contribution in [3.05, 3.63) is 222 Å². The van der Waals surface area contributed by atoms with Crippen LogP contribution >= 0.6 is 11.3 Å². The van der Waals surface area contributed by atoms with Crippen molar-refractivity contribution in [1.29, 1.82) is 0 Å². The van der Waals surface area contributed by atoms with E-state index in [0.29, 0.717) is 11.8 Å². The third kappa shape index (κ3) is 8.98. The zero-order valence-corrected chi connectivity index (χ0v) is 56.6. The Bertz CT molecular complexity index is 5700. The van der Waals surface area contributed by atoms with Gasteiger partial charge < -0.3 is 23.0 Å². The van der Waals surface area contributed by atoms with Gasteiger partial charge in [0.25, 0.3) is 0 Å². The molecular weight excluding hydrogens is 1160 g/mol. The first-order valence-corrected chi connectivity index (χ1v) is 35.6. The molecule has 5 aromatic heterocycles. The Balaban J connectivity index is 0.839. The summed E-state index contributed by atoms with van der Waals surface area (Å²) in [4.78, 5) is 4.96. The van der Waals surface area contributed by atoms with Crippen molar-refractivity contribution in [2.45, 2.75) is 155 Å². The zero-order chi connectivity index (χ0) is 63.7. The summed E-state index contributed by atoms with van der Waals surface area (Å²) >= 11 is 1.92. The van der Waals surface area contributed by atoms with Crippen molar-refractivity contribution in [2.24, 2.45) is 0 Å². The maximum atomic E-state index is 7.39. The molecule has 0 spiro atoms. The molecule has 0 bridgehead atoms. The number of aromatic nitrogens is 1. The summed E-state index contributed by atoms with van der Waals surface area (Å²) in [6.07, 6.45) is 12.6. The largest absolute Gasteiger partial charge is 0.454 e. The van der Waals surface area contributed by atoms with Crippen LogP contribution < -0.4 is 9.80 Å². The molecule has 0 unspecified atom stereocenters. The van der Waals surface area contributed by atoms with Gasteiger partial charge in [-0.05, 0) is 166 Å². The second kappa shape index (κ2) is 21.2. The van der Waals surface area contributed by atoms with Crippen LogP contribution in [-0.2, 0) is 16.2 Å². The van der Waals surface area contributed by atoms with E-state index in [-0.39, 0.29) is 16.2 Å². The number of benzene rings is 11. The van der Waals surface area contributed by atoms with Gasteiger partial charge in [0.15, 0.2) is 11.2 Å². The predicted molar refractivity (Wildman–Crippen MR) is 403 cm³/mol. The molecule has 5 heterocycles. The highest BCUT2D eigenvalue weighted by Gasteiger charge is 2.31. The fourth-order valence-corrected chi connectivity index (χ4v) is 18.2. The van der Waals surface area contributed by atoms with Crippen LogP contribution in [0.1, 0.15) is 166 Å². The molecule has 94 heavy (non-hydrogen) atoms. The summed E-state index contributed by atoms with van der Waals surface area (Å²) < 4.78 is 19.8. The number of rotatable bonds is 8. The van der Waals surface area contributed by atoms with Crippen LogP contribution in [0.15, 0.2) is 203 Å². The maximum Gasteiger partial charge on any atom is 0.159 e. The van der Waals surface area contributed by atoms with E-state index in [0.717, 1.165) is 67.2 Å². The number of anilines is 6. The quantitative estimate of drug-likeness (QED) is 0.152. The Hall–Kier alpha value is -9.10. The minimum atomic E-state index is -0.0729. The molecule has 6 heteroatoms. The molecule has 0 atom stereocenters. The van der Waals surface area contributed by atoms with Crippen molar-refractivity contribution in [2.75, 3.05) is 9.80 Å². The monoisotopic (exact) mass is 1240 g/mol. The highest BCUT2D eigenvalue weighted by atomic mass is 32.1. The zero-order valence-electron chi connectivity index (χ0n) is 55.8. The number of para-hydroxylation sites is 4. The topological polar surface area (TPSA) is 37.2 Å². The van der Waals surface area contributed by atoms with Gasteiger partial charge in [0.1, 0.15) is 11.2 Å². The van der Waals surface area contributed by atoms with Gasteiger partial charge in [0.05, 0.1) is 33.6 Å². The summed E-state index contributed by atoms with van der Waals surface area (Å²) in [6, 6.07) is 74.8. The molecule has 2 saturated carbocycles. The van der Waals surface area contributed by atoms with Crippen LogP contribution in [0, 0.1) is 0 Å². The fraction of sp³-hybridized carbons (Fsp3) is 0.273. The highest BCUT2D eigenvalue weighted by Crippen LogP contribution is 2.54. The molecule has 0 saturated heterocycles. The number of fused-ring (bicyclic) bond motifs is 17. The molecule has 18 rings (SSSR count). The van der Waals surface area contributed by atoms with Crippen molar-refractivity contribution < 1.29 is 8.83 Å². The van der Waals surface area contributed by atoms with E-state index < -0.39 is 0 Å². The molecule has 16 aromatic rings. The van der Waals surface area contributed by atoms with Gasteiger partial charge in [-0.25, -0.2) is 0 Å². The molecule has 0 aliphatic heterocycles. The highest BCUT2D eigenvalue weighted by molar-refractivity contribution is 7.26. The average Bonchev–Trinajstić information content (AvgIpc) is 1.54. The molecule has 0 amide bonds. The van der Waals surface area contributed by atoms with Crippen molar-refractivity contribution in [1.82, 2.24) is 4.40 Å².